The first-order valence-corrected chi connectivity index (χ1v) is 11.0. The molecule has 0 fully saturated rings. The summed E-state index contributed by atoms with van der Waals surface area (Å²) in [5.41, 5.74) is 3.85. The SMILES string of the molecule is COc1ccccc1/C=N/NC(=O)CN(Cc1ccccc1)S(=O)(=O)c1ccccc1. The fraction of sp³-hybridized carbons (Fsp3) is 0.130. The Morgan fingerprint density at radius 1 is 0.968 bits per heavy atom. The van der Waals surface area contributed by atoms with Crippen LogP contribution in [0.1, 0.15) is 11.1 Å². The van der Waals surface area contributed by atoms with E-state index in [1.807, 2.05) is 42.5 Å². The minimum atomic E-state index is -3.88. The fourth-order valence-electron chi connectivity index (χ4n) is 2.90. The number of benzene rings is 3. The molecule has 8 heteroatoms. The van der Waals surface area contributed by atoms with Gasteiger partial charge >= 0.3 is 0 Å². The number of rotatable bonds is 9. The van der Waals surface area contributed by atoms with Gasteiger partial charge < -0.3 is 4.74 Å². The number of carbonyl (C=O) groups is 1. The van der Waals surface area contributed by atoms with Crippen molar-refractivity contribution in [3.63, 3.8) is 0 Å². The van der Waals surface area contributed by atoms with Crippen LogP contribution in [0.3, 0.4) is 0 Å². The molecule has 3 aromatic rings. The Morgan fingerprint density at radius 2 is 1.58 bits per heavy atom. The Bertz CT molecular complexity index is 1130. The molecule has 0 aliphatic carbocycles. The Balaban J connectivity index is 1.76. The molecule has 3 rings (SSSR count). The fourth-order valence-corrected chi connectivity index (χ4v) is 4.30. The van der Waals surface area contributed by atoms with Crippen molar-refractivity contribution in [2.24, 2.45) is 5.10 Å². The van der Waals surface area contributed by atoms with E-state index in [2.05, 4.69) is 10.5 Å². The molecule has 0 saturated heterocycles. The molecule has 0 aromatic heterocycles. The van der Waals surface area contributed by atoms with Gasteiger partial charge in [-0.2, -0.15) is 9.41 Å². The normalized spacial score (nSPS) is 11.5. The molecule has 0 saturated carbocycles. The van der Waals surface area contributed by atoms with Gasteiger partial charge in [-0.05, 0) is 29.8 Å². The third-order valence-electron chi connectivity index (χ3n) is 4.43. The van der Waals surface area contributed by atoms with Crippen LogP contribution in [0.4, 0.5) is 0 Å². The van der Waals surface area contributed by atoms with Gasteiger partial charge in [0, 0.05) is 12.1 Å². The lowest BCUT2D eigenvalue weighted by Gasteiger charge is -2.21. The second kappa shape index (κ2) is 10.5. The Kier molecular flexibility index (Phi) is 7.53. The maximum Gasteiger partial charge on any atom is 0.255 e. The maximum atomic E-state index is 13.1. The van der Waals surface area contributed by atoms with E-state index in [0.29, 0.717) is 11.3 Å². The largest absolute Gasteiger partial charge is 0.496 e. The zero-order chi connectivity index (χ0) is 22.1. The van der Waals surface area contributed by atoms with Crippen LogP contribution in [-0.2, 0) is 21.4 Å². The summed E-state index contributed by atoms with van der Waals surface area (Å²) in [5, 5.41) is 3.94. The van der Waals surface area contributed by atoms with Crippen molar-refractivity contribution >= 4 is 22.1 Å². The second-order valence-electron chi connectivity index (χ2n) is 6.61. The molecule has 0 spiro atoms. The summed E-state index contributed by atoms with van der Waals surface area (Å²) in [5.74, 6) is 0.0550. The van der Waals surface area contributed by atoms with Gasteiger partial charge in [0.15, 0.2) is 0 Å². The molecule has 0 aliphatic rings. The van der Waals surface area contributed by atoms with Crippen molar-refractivity contribution in [1.82, 2.24) is 9.73 Å². The number of sulfonamides is 1. The van der Waals surface area contributed by atoms with Crippen LogP contribution in [0.25, 0.3) is 0 Å². The third kappa shape index (κ3) is 6.00. The van der Waals surface area contributed by atoms with Crippen LogP contribution < -0.4 is 10.2 Å². The highest BCUT2D eigenvalue weighted by Crippen LogP contribution is 2.18. The number of nitrogens with one attached hydrogen (secondary N) is 1. The summed E-state index contributed by atoms with van der Waals surface area (Å²) in [7, 11) is -2.34. The molecular weight excluding hydrogens is 414 g/mol. The smallest absolute Gasteiger partial charge is 0.255 e. The molecule has 0 unspecified atom stereocenters. The number of amides is 1. The van der Waals surface area contributed by atoms with E-state index in [9.17, 15) is 13.2 Å². The van der Waals surface area contributed by atoms with Crippen LogP contribution in [0.5, 0.6) is 5.75 Å². The summed E-state index contributed by atoms with van der Waals surface area (Å²) in [6, 6.07) is 24.3. The van der Waals surface area contributed by atoms with E-state index in [1.54, 1.807) is 37.4 Å². The van der Waals surface area contributed by atoms with Crippen molar-refractivity contribution in [3.8, 4) is 5.75 Å². The first kappa shape index (κ1) is 22.2. The topological polar surface area (TPSA) is 88.1 Å². The van der Waals surface area contributed by atoms with Gasteiger partial charge in [-0.3, -0.25) is 4.79 Å². The van der Waals surface area contributed by atoms with E-state index < -0.39 is 15.9 Å². The van der Waals surface area contributed by atoms with Crippen molar-refractivity contribution < 1.29 is 17.9 Å². The first-order chi connectivity index (χ1) is 15.0. The first-order valence-electron chi connectivity index (χ1n) is 9.55. The second-order valence-corrected chi connectivity index (χ2v) is 8.54. The van der Waals surface area contributed by atoms with Crippen molar-refractivity contribution in [1.29, 1.82) is 0 Å². The Hall–Kier alpha value is -3.49. The van der Waals surface area contributed by atoms with Crippen LogP contribution >= 0.6 is 0 Å². The van der Waals surface area contributed by atoms with Gasteiger partial charge in [0.25, 0.3) is 5.91 Å². The Labute approximate surface area is 182 Å². The maximum absolute atomic E-state index is 13.1. The number of hydrogen-bond donors (Lipinski definition) is 1. The lowest BCUT2D eigenvalue weighted by Crippen LogP contribution is -2.39. The van der Waals surface area contributed by atoms with E-state index >= 15 is 0 Å². The molecule has 0 heterocycles. The summed E-state index contributed by atoms with van der Waals surface area (Å²) in [4.78, 5) is 12.6. The molecule has 0 aliphatic heterocycles. The number of carbonyl (C=O) groups excluding carboxylic acids is 1. The molecular formula is C23H23N3O4S. The predicted molar refractivity (Wildman–Crippen MR) is 119 cm³/mol. The van der Waals surface area contributed by atoms with Gasteiger partial charge in [-0.25, -0.2) is 13.8 Å². The number of hydrazone groups is 1. The number of hydrogen-bond acceptors (Lipinski definition) is 5. The van der Waals surface area contributed by atoms with E-state index in [0.717, 1.165) is 9.87 Å². The number of methoxy groups -OCH3 is 1. The molecule has 0 radical (unpaired) electrons. The van der Waals surface area contributed by atoms with Gasteiger partial charge in [-0.15, -0.1) is 0 Å². The number of ether oxygens (including phenoxy) is 1. The molecule has 31 heavy (non-hydrogen) atoms. The third-order valence-corrected chi connectivity index (χ3v) is 6.24. The van der Waals surface area contributed by atoms with Crippen LogP contribution in [0.15, 0.2) is 94.9 Å². The Morgan fingerprint density at radius 3 is 2.26 bits per heavy atom. The summed E-state index contributed by atoms with van der Waals surface area (Å²) in [6.45, 7) is -0.322. The quantitative estimate of drug-likeness (QED) is 0.412. The highest BCUT2D eigenvalue weighted by molar-refractivity contribution is 7.89. The average molecular weight is 438 g/mol. The molecule has 1 amide bonds. The minimum Gasteiger partial charge on any atom is -0.496 e. The van der Waals surface area contributed by atoms with E-state index in [-0.39, 0.29) is 18.0 Å². The minimum absolute atomic E-state index is 0.0573. The van der Waals surface area contributed by atoms with Crippen molar-refractivity contribution in [3.05, 3.63) is 96.1 Å². The highest BCUT2D eigenvalue weighted by atomic mass is 32.2. The van der Waals surface area contributed by atoms with Gasteiger partial charge in [0.2, 0.25) is 10.0 Å². The summed E-state index contributed by atoms with van der Waals surface area (Å²) >= 11 is 0. The van der Waals surface area contributed by atoms with Crippen LogP contribution in [0.2, 0.25) is 0 Å². The highest BCUT2D eigenvalue weighted by Gasteiger charge is 2.26. The average Bonchev–Trinajstić information content (AvgIpc) is 2.80. The molecule has 160 valence electrons. The molecule has 0 atom stereocenters. The lowest BCUT2D eigenvalue weighted by molar-refractivity contribution is -0.121. The monoisotopic (exact) mass is 437 g/mol. The van der Waals surface area contributed by atoms with E-state index in [4.69, 9.17) is 4.74 Å². The lowest BCUT2D eigenvalue weighted by atomic mass is 10.2. The van der Waals surface area contributed by atoms with Crippen LogP contribution in [-0.4, -0.2) is 38.5 Å². The summed E-state index contributed by atoms with van der Waals surface area (Å²) in [6.07, 6.45) is 1.45. The van der Waals surface area contributed by atoms with Gasteiger partial charge in [0.05, 0.1) is 24.8 Å². The number of para-hydroxylation sites is 1. The van der Waals surface area contributed by atoms with Gasteiger partial charge in [-0.1, -0.05) is 60.7 Å². The molecule has 3 aromatic carbocycles. The van der Waals surface area contributed by atoms with E-state index in [1.165, 1.54) is 18.3 Å². The predicted octanol–water partition coefficient (Wildman–Crippen LogP) is 3.04. The molecule has 1 N–H and O–H groups in total. The summed E-state index contributed by atoms with van der Waals surface area (Å²) < 4.78 is 32.7. The van der Waals surface area contributed by atoms with Crippen molar-refractivity contribution in [2.75, 3.05) is 13.7 Å². The molecule has 7 nitrogen and oxygen atoms in total. The van der Waals surface area contributed by atoms with Crippen LogP contribution in [0, 0.1) is 0 Å². The van der Waals surface area contributed by atoms with Crippen molar-refractivity contribution in [2.45, 2.75) is 11.4 Å². The molecule has 0 bridgehead atoms. The standard InChI is InChI=1S/C23H23N3O4S/c1-30-22-15-9-8-12-20(22)16-24-25-23(27)18-26(17-19-10-4-2-5-11-19)31(28,29)21-13-6-3-7-14-21/h2-16H,17-18H2,1H3,(H,25,27)/b24-16+. The zero-order valence-corrected chi connectivity index (χ0v) is 17.8. The van der Waals surface area contributed by atoms with Gasteiger partial charge in [0.1, 0.15) is 5.75 Å². The zero-order valence-electron chi connectivity index (χ0n) is 17.0. The number of nitrogens with zero attached hydrogens (tertiary/aromatic N) is 2.